The molecule has 124 valence electrons. The molecule has 2 rings (SSSR count). The van der Waals surface area contributed by atoms with Crippen molar-refractivity contribution in [3.8, 4) is 5.75 Å². The van der Waals surface area contributed by atoms with Gasteiger partial charge in [-0.1, -0.05) is 39.8 Å². The second kappa shape index (κ2) is 7.44. The van der Waals surface area contributed by atoms with Crippen LogP contribution in [0.3, 0.4) is 0 Å². The fraction of sp³-hybridized carbons (Fsp3) is 0.667. The van der Waals surface area contributed by atoms with Crippen LogP contribution in [0.5, 0.6) is 5.75 Å². The lowest BCUT2D eigenvalue weighted by molar-refractivity contribution is -0.257. The highest BCUT2D eigenvalue weighted by molar-refractivity contribution is 5.28. The van der Waals surface area contributed by atoms with Gasteiger partial charge in [0.25, 0.3) is 0 Å². The Bertz CT molecular complexity index is 457. The van der Waals surface area contributed by atoms with E-state index in [0.717, 1.165) is 11.3 Å². The highest BCUT2D eigenvalue weighted by Crippen LogP contribution is 2.35. The van der Waals surface area contributed by atoms with Gasteiger partial charge in [-0.3, -0.25) is 0 Å². The van der Waals surface area contributed by atoms with Crippen molar-refractivity contribution in [3.05, 3.63) is 29.8 Å². The average Bonchev–Trinajstić information content (AvgIpc) is 2.54. The Hall–Kier alpha value is -1.10. The molecule has 1 aliphatic rings. The first-order chi connectivity index (χ1) is 10.4. The number of rotatable bonds is 5. The molecule has 0 aliphatic carbocycles. The Balaban J connectivity index is 2.09. The van der Waals surface area contributed by atoms with Crippen LogP contribution in [-0.4, -0.2) is 31.0 Å². The minimum Gasteiger partial charge on any atom is -0.497 e. The summed E-state index contributed by atoms with van der Waals surface area (Å²) < 4.78 is 17.2. The minimum absolute atomic E-state index is 0.0155. The van der Waals surface area contributed by atoms with E-state index in [0.29, 0.717) is 6.61 Å². The van der Waals surface area contributed by atoms with Crippen LogP contribution in [0.4, 0.5) is 0 Å². The second-order valence-corrected chi connectivity index (χ2v) is 6.61. The van der Waals surface area contributed by atoms with E-state index >= 15 is 0 Å². The van der Waals surface area contributed by atoms with Crippen molar-refractivity contribution in [1.29, 1.82) is 0 Å². The molecular weight excluding hydrogens is 280 g/mol. The summed E-state index contributed by atoms with van der Waals surface area (Å²) in [5.41, 5.74) is 0.976. The molecule has 0 bridgehead atoms. The third-order valence-electron chi connectivity index (χ3n) is 4.48. The Morgan fingerprint density at radius 1 is 1.18 bits per heavy atom. The van der Waals surface area contributed by atoms with Crippen molar-refractivity contribution in [3.63, 3.8) is 0 Å². The Morgan fingerprint density at radius 3 is 2.36 bits per heavy atom. The van der Waals surface area contributed by atoms with E-state index in [1.165, 1.54) is 0 Å². The number of benzene rings is 1. The normalized spacial score (nSPS) is 28.4. The second-order valence-electron chi connectivity index (χ2n) is 6.61. The van der Waals surface area contributed by atoms with Crippen LogP contribution in [0.25, 0.3) is 0 Å². The predicted molar refractivity (Wildman–Crippen MR) is 85.7 cm³/mol. The summed E-state index contributed by atoms with van der Waals surface area (Å²) >= 11 is 0. The number of aliphatic hydroxyl groups is 1. The molecule has 0 saturated carbocycles. The Morgan fingerprint density at radius 2 is 1.82 bits per heavy atom. The van der Waals surface area contributed by atoms with Gasteiger partial charge in [0.05, 0.1) is 25.9 Å². The number of hydrogen-bond acceptors (Lipinski definition) is 4. The van der Waals surface area contributed by atoms with E-state index in [4.69, 9.17) is 14.2 Å². The summed E-state index contributed by atoms with van der Waals surface area (Å²) in [4.78, 5) is 0. The zero-order valence-corrected chi connectivity index (χ0v) is 14.2. The number of ether oxygens (including phenoxy) is 3. The molecule has 0 aromatic heterocycles. The lowest BCUT2D eigenvalue weighted by Crippen LogP contribution is -2.44. The molecule has 1 fully saturated rings. The van der Waals surface area contributed by atoms with E-state index in [1.807, 2.05) is 38.1 Å². The first kappa shape index (κ1) is 17.3. The van der Waals surface area contributed by atoms with Crippen molar-refractivity contribution in [2.45, 2.75) is 46.2 Å². The maximum absolute atomic E-state index is 10.4. The quantitative estimate of drug-likeness (QED) is 0.905. The van der Waals surface area contributed by atoms with Gasteiger partial charge in [0.1, 0.15) is 5.75 Å². The molecule has 1 aliphatic heterocycles. The maximum Gasteiger partial charge on any atom is 0.184 e. The average molecular weight is 308 g/mol. The van der Waals surface area contributed by atoms with Gasteiger partial charge in [-0.15, -0.1) is 0 Å². The fourth-order valence-electron chi connectivity index (χ4n) is 3.03. The first-order valence-electron chi connectivity index (χ1n) is 8.03. The molecule has 5 atom stereocenters. The van der Waals surface area contributed by atoms with Crippen LogP contribution in [0.1, 0.15) is 39.5 Å². The van der Waals surface area contributed by atoms with Gasteiger partial charge >= 0.3 is 0 Å². The molecular formula is C18H28O4. The standard InChI is InChI=1S/C18H28O4/c1-11(2)16(19)13(4)17-12(3)10-21-18(22-17)14-6-8-15(20-5)9-7-14/h6-9,11-13,16-19H,10H2,1-5H3/t12-,13+,16+,17-,18-/m1/s1. The third-order valence-corrected chi connectivity index (χ3v) is 4.48. The molecule has 1 aromatic carbocycles. The summed E-state index contributed by atoms with van der Waals surface area (Å²) in [6, 6.07) is 7.73. The monoisotopic (exact) mass is 308 g/mol. The highest BCUT2D eigenvalue weighted by atomic mass is 16.7. The third kappa shape index (κ3) is 3.80. The lowest BCUT2D eigenvalue weighted by atomic mass is 9.84. The number of aliphatic hydroxyl groups excluding tert-OH is 1. The molecule has 0 amide bonds. The van der Waals surface area contributed by atoms with Crippen molar-refractivity contribution in [2.75, 3.05) is 13.7 Å². The van der Waals surface area contributed by atoms with Crippen molar-refractivity contribution in [2.24, 2.45) is 17.8 Å². The molecule has 0 spiro atoms. The van der Waals surface area contributed by atoms with Crippen molar-refractivity contribution >= 4 is 0 Å². The van der Waals surface area contributed by atoms with Gasteiger partial charge in [0, 0.05) is 17.4 Å². The van der Waals surface area contributed by atoms with Crippen LogP contribution in [-0.2, 0) is 9.47 Å². The summed E-state index contributed by atoms with van der Waals surface area (Å²) in [6.07, 6.45) is -0.769. The van der Waals surface area contributed by atoms with E-state index in [1.54, 1.807) is 7.11 Å². The molecule has 4 nitrogen and oxygen atoms in total. The van der Waals surface area contributed by atoms with E-state index in [2.05, 4.69) is 13.8 Å². The van der Waals surface area contributed by atoms with Crippen LogP contribution < -0.4 is 4.74 Å². The van der Waals surface area contributed by atoms with Gasteiger partial charge in [-0.2, -0.15) is 0 Å². The molecule has 1 heterocycles. The first-order valence-corrected chi connectivity index (χ1v) is 8.03. The summed E-state index contributed by atoms with van der Waals surface area (Å²) in [5, 5.41) is 10.4. The SMILES string of the molecule is COc1ccc([C@@H]2OC[C@@H](C)[C@H]([C@@H](C)[C@@H](O)C(C)C)O2)cc1. The van der Waals surface area contributed by atoms with Gasteiger partial charge < -0.3 is 19.3 Å². The topological polar surface area (TPSA) is 47.9 Å². The zero-order valence-electron chi connectivity index (χ0n) is 14.2. The van der Waals surface area contributed by atoms with Gasteiger partial charge in [-0.25, -0.2) is 0 Å². The van der Waals surface area contributed by atoms with E-state index < -0.39 is 0 Å². The van der Waals surface area contributed by atoms with Crippen LogP contribution >= 0.6 is 0 Å². The van der Waals surface area contributed by atoms with Gasteiger partial charge in [-0.05, 0) is 18.1 Å². The summed E-state index contributed by atoms with van der Waals surface area (Å²) in [7, 11) is 1.65. The van der Waals surface area contributed by atoms with Crippen LogP contribution in [0.15, 0.2) is 24.3 Å². The minimum atomic E-state index is -0.381. The van der Waals surface area contributed by atoms with E-state index in [9.17, 15) is 5.11 Å². The number of hydrogen-bond donors (Lipinski definition) is 1. The number of methoxy groups -OCH3 is 1. The molecule has 0 unspecified atom stereocenters. The summed E-state index contributed by atoms with van der Waals surface area (Å²) in [5.74, 6) is 1.36. The molecule has 1 N–H and O–H groups in total. The predicted octanol–water partition coefficient (Wildman–Crippen LogP) is 3.40. The van der Waals surface area contributed by atoms with Gasteiger partial charge in [0.15, 0.2) is 6.29 Å². The van der Waals surface area contributed by atoms with Gasteiger partial charge in [0.2, 0.25) is 0 Å². The van der Waals surface area contributed by atoms with E-state index in [-0.39, 0.29) is 36.3 Å². The molecule has 1 saturated heterocycles. The van der Waals surface area contributed by atoms with Crippen molar-refractivity contribution < 1.29 is 19.3 Å². The maximum atomic E-state index is 10.4. The fourth-order valence-corrected chi connectivity index (χ4v) is 3.03. The van der Waals surface area contributed by atoms with Crippen LogP contribution in [0, 0.1) is 17.8 Å². The lowest BCUT2D eigenvalue weighted by Gasteiger charge is -2.40. The molecule has 0 radical (unpaired) electrons. The zero-order chi connectivity index (χ0) is 16.3. The van der Waals surface area contributed by atoms with Crippen LogP contribution in [0.2, 0.25) is 0 Å². The smallest absolute Gasteiger partial charge is 0.184 e. The highest BCUT2D eigenvalue weighted by Gasteiger charge is 2.37. The molecule has 4 heteroatoms. The largest absolute Gasteiger partial charge is 0.497 e. The molecule has 22 heavy (non-hydrogen) atoms. The summed E-state index contributed by atoms with van der Waals surface area (Å²) in [6.45, 7) is 8.87. The van der Waals surface area contributed by atoms with Crippen molar-refractivity contribution in [1.82, 2.24) is 0 Å². The Labute approximate surface area is 133 Å². The Kier molecular flexibility index (Phi) is 5.84. The molecule has 1 aromatic rings.